The standard InChI is InChI=1S/C10H9N3O4/c1-4-5(2)8-6(3-7(4)13(16)17)11-9(14)10(15)12-8/h3H,1-2H3,(H,11,14)(H,12,15). The van der Waals surface area contributed by atoms with Crippen LogP contribution in [0.25, 0.3) is 11.0 Å². The van der Waals surface area contributed by atoms with Gasteiger partial charge in [0.15, 0.2) is 0 Å². The highest BCUT2D eigenvalue weighted by Crippen LogP contribution is 2.26. The van der Waals surface area contributed by atoms with E-state index in [4.69, 9.17) is 0 Å². The predicted octanol–water partition coefficient (Wildman–Crippen LogP) is 0.741. The summed E-state index contributed by atoms with van der Waals surface area (Å²) >= 11 is 0. The van der Waals surface area contributed by atoms with E-state index in [1.54, 1.807) is 13.8 Å². The molecule has 7 nitrogen and oxygen atoms in total. The van der Waals surface area contributed by atoms with E-state index in [2.05, 4.69) is 9.97 Å². The predicted molar refractivity (Wildman–Crippen MR) is 61.3 cm³/mol. The number of aromatic nitrogens is 2. The molecular weight excluding hydrogens is 226 g/mol. The molecule has 0 aliphatic heterocycles. The highest BCUT2D eigenvalue weighted by atomic mass is 16.6. The maximum Gasteiger partial charge on any atom is 0.314 e. The van der Waals surface area contributed by atoms with Crippen LogP contribution in [0.2, 0.25) is 0 Å². The van der Waals surface area contributed by atoms with Crippen LogP contribution in [-0.2, 0) is 0 Å². The second-order valence-electron chi connectivity index (χ2n) is 3.73. The molecule has 7 heteroatoms. The molecular formula is C10H9N3O4. The van der Waals surface area contributed by atoms with Crippen LogP contribution in [0.3, 0.4) is 0 Å². The minimum Gasteiger partial charge on any atom is -0.316 e. The van der Waals surface area contributed by atoms with Crippen molar-refractivity contribution < 1.29 is 4.92 Å². The van der Waals surface area contributed by atoms with Gasteiger partial charge in [-0.3, -0.25) is 19.7 Å². The first-order valence-corrected chi connectivity index (χ1v) is 4.82. The number of nitro benzene ring substituents is 1. The zero-order chi connectivity index (χ0) is 12.7. The Kier molecular flexibility index (Phi) is 2.31. The molecule has 17 heavy (non-hydrogen) atoms. The van der Waals surface area contributed by atoms with Gasteiger partial charge in [0.05, 0.1) is 16.0 Å². The molecule has 0 atom stereocenters. The van der Waals surface area contributed by atoms with Crippen molar-refractivity contribution in [2.24, 2.45) is 0 Å². The number of nitrogens with one attached hydrogen (secondary N) is 2. The number of fused-ring (bicyclic) bond motifs is 1. The first-order valence-electron chi connectivity index (χ1n) is 4.82. The lowest BCUT2D eigenvalue weighted by atomic mass is 10.1. The molecule has 0 bridgehead atoms. The van der Waals surface area contributed by atoms with Gasteiger partial charge in [-0.05, 0) is 19.4 Å². The second-order valence-corrected chi connectivity index (χ2v) is 3.73. The summed E-state index contributed by atoms with van der Waals surface area (Å²) in [5.41, 5.74) is 0.0245. The molecule has 0 aliphatic rings. The van der Waals surface area contributed by atoms with Crippen LogP contribution < -0.4 is 11.1 Å². The molecule has 0 aliphatic carbocycles. The van der Waals surface area contributed by atoms with E-state index < -0.39 is 16.0 Å². The van der Waals surface area contributed by atoms with Gasteiger partial charge in [0, 0.05) is 11.6 Å². The van der Waals surface area contributed by atoms with Crippen LogP contribution in [0.1, 0.15) is 11.1 Å². The van der Waals surface area contributed by atoms with Crippen molar-refractivity contribution in [1.29, 1.82) is 0 Å². The number of hydrogen-bond acceptors (Lipinski definition) is 4. The third-order valence-electron chi connectivity index (χ3n) is 2.76. The number of H-pyrrole nitrogens is 2. The van der Waals surface area contributed by atoms with Crippen molar-refractivity contribution in [3.63, 3.8) is 0 Å². The maximum absolute atomic E-state index is 11.2. The largest absolute Gasteiger partial charge is 0.316 e. The fraction of sp³-hybridized carbons (Fsp3) is 0.200. The van der Waals surface area contributed by atoms with Gasteiger partial charge in [0.25, 0.3) is 5.69 Å². The van der Waals surface area contributed by atoms with Gasteiger partial charge in [0.2, 0.25) is 0 Å². The van der Waals surface area contributed by atoms with Crippen LogP contribution in [0, 0.1) is 24.0 Å². The molecule has 2 N–H and O–H groups in total. The minimum absolute atomic E-state index is 0.0855. The van der Waals surface area contributed by atoms with Gasteiger partial charge in [-0.1, -0.05) is 0 Å². The monoisotopic (exact) mass is 235 g/mol. The Labute approximate surface area is 94.3 Å². The van der Waals surface area contributed by atoms with Crippen molar-refractivity contribution in [2.75, 3.05) is 0 Å². The number of aryl methyl sites for hydroxylation is 1. The van der Waals surface area contributed by atoms with Crippen molar-refractivity contribution in [3.05, 3.63) is 48.0 Å². The summed E-state index contributed by atoms with van der Waals surface area (Å²) in [6.07, 6.45) is 0. The number of nitro groups is 1. The summed E-state index contributed by atoms with van der Waals surface area (Å²) in [7, 11) is 0. The van der Waals surface area contributed by atoms with E-state index in [9.17, 15) is 19.7 Å². The van der Waals surface area contributed by atoms with Gasteiger partial charge in [-0.2, -0.15) is 0 Å². The van der Waals surface area contributed by atoms with E-state index in [1.165, 1.54) is 6.07 Å². The summed E-state index contributed by atoms with van der Waals surface area (Å²) < 4.78 is 0. The molecule has 2 aromatic rings. The number of benzene rings is 1. The first-order chi connectivity index (χ1) is 7.91. The lowest BCUT2D eigenvalue weighted by Crippen LogP contribution is -2.29. The average molecular weight is 235 g/mol. The van der Waals surface area contributed by atoms with Crippen molar-refractivity contribution >= 4 is 16.7 Å². The van der Waals surface area contributed by atoms with Crippen LogP contribution >= 0.6 is 0 Å². The average Bonchev–Trinajstić information content (AvgIpc) is 2.26. The summed E-state index contributed by atoms with van der Waals surface area (Å²) in [6.45, 7) is 3.25. The SMILES string of the molecule is Cc1c([N+](=O)[O-])cc2[nH]c(=O)c(=O)[nH]c2c1C. The third kappa shape index (κ3) is 1.61. The maximum atomic E-state index is 11.2. The quantitative estimate of drug-likeness (QED) is 0.431. The lowest BCUT2D eigenvalue weighted by Gasteiger charge is -2.05. The molecule has 0 saturated heterocycles. The molecule has 0 fully saturated rings. The van der Waals surface area contributed by atoms with Crippen molar-refractivity contribution in [1.82, 2.24) is 9.97 Å². The normalized spacial score (nSPS) is 10.7. The molecule has 88 valence electrons. The van der Waals surface area contributed by atoms with E-state index in [-0.39, 0.29) is 11.2 Å². The molecule has 0 spiro atoms. The highest BCUT2D eigenvalue weighted by Gasteiger charge is 2.16. The van der Waals surface area contributed by atoms with Gasteiger partial charge < -0.3 is 9.97 Å². The molecule has 0 radical (unpaired) electrons. The molecule has 0 saturated carbocycles. The van der Waals surface area contributed by atoms with E-state index >= 15 is 0 Å². The molecule has 0 unspecified atom stereocenters. The second kappa shape index (κ2) is 3.55. The van der Waals surface area contributed by atoms with Gasteiger partial charge in [0.1, 0.15) is 0 Å². The Morgan fingerprint density at radius 3 is 2.29 bits per heavy atom. The Morgan fingerprint density at radius 1 is 1.12 bits per heavy atom. The van der Waals surface area contributed by atoms with Crippen molar-refractivity contribution in [2.45, 2.75) is 13.8 Å². The third-order valence-corrected chi connectivity index (χ3v) is 2.76. The number of nitrogens with zero attached hydrogens (tertiary/aromatic N) is 1. The van der Waals surface area contributed by atoms with Gasteiger partial charge in [-0.15, -0.1) is 0 Å². The topological polar surface area (TPSA) is 109 Å². The fourth-order valence-corrected chi connectivity index (χ4v) is 1.70. The van der Waals surface area contributed by atoms with E-state index in [0.717, 1.165) is 0 Å². The Hall–Kier alpha value is -2.44. The fourth-order valence-electron chi connectivity index (χ4n) is 1.70. The number of rotatable bonds is 1. The van der Waals surface area contributed by atoms with Crippen LogP contribution in [0.4, 0.5) is 5.69 Å². The lowest BCUT2D eigenvalue weighted by molar-refractivity contribution is -0.385. The van der Waals surface area contributed by atoms with Gasteiger partial charge in [-0.25, -0.2) is 0 Å². The highest BCUT2D eigenvalue weighted by molar-refractivity contribution is 5.82. The molecule has 1 aromatic heterocycles. The van der Waals surface area contributed by atoms with E-state index in [1.807, 2.05) is 0 Å². The molecule has 0 amide bonds. The summed E-state index contributed by atoms with van der Waals surface area (Å²) in [6, 6.07) is 1.25. The Morgan fingerprint density at radius 2 is 1.71 bits per heavy atom. The van der Waals surface area contributed by atoms with Crippen LogP contribution in [0.5, 0.6) is 0 Å². The summed E-state index contributed by atoms with van der Waals surface area (Å²) in [5.74, 6) is 0. The molecule has 2 rings (SSSR count). The zero-order valence-corrected chi connectivity index (χ0v) is 9.16. The van der Waals surface area contributed by atoms with Gasteiger partial charge >= 0.3 is 11.1 Å². The molecule has 1 heterocycles. The van der Waals surface area contributed by atoms with E-state index in [0.29, 0.717) is 16.6 Å². The first kappa shape index (κ1) is 11.1. The van der Waals surface area contributed by atoms with Crippen LogP contribution in [-0.4, -0.2) is 14.9 Å². The number of hydrogen-bond donors (Lipinski definition) is 2. The summed E-state index contributed by atoms with van der Waals surface area (Å²) in [4.78, 5) is 37.3. The van der Waals surface area contributed by atoms with Crippen LogP contribution in [0.15, 0.2) is 15.7 Å². The molecule has 1 aromatic carbocycles. The number of aromatic amines is 2. The minimum atomic E-state index is -0.824. The zero-order valence-electron chi connectivity index (χ0n) is 9.16. The van der Waals surface area contributed by atoms with Crippen molar-refractivity contribution in [3.8, 4) is 0 Å². The Bertz CT molecular complexity index is 742. The Balaban J connectivity index is 3.01. The summed E-state index contributed by atoms with van der Waals surface area (Å²) in [5, 5.41) is 10.8. The smallest absolute Gasteiger partial charge is 0.314 e.